The average Bonchev–Trinajstić information content (AvgIpc) is 4.02. The van der Waals surface area contributed by atoms with Crippen LogP contribution in [0.2, 0.25) is 0 Å². The van der Waals surface area contributed by atoms with E-state index in [4.69, 9.17) is 14.5 Å². The van der Waals surface area contributed by atoms with Crippen molar-refractivity contribution in [2.75, 3.05) is 27.3 Å². The van der Waals surface area contributed by atoms with Gasteiger partial charge in [-0.15, -0.1) is 0 Å². The third-order valence-corrected chi connectivity index (χ3v) is 10.9. The molecule has 55 heavy (non-hydrogen) atoms. The second-order valence-electron chi connectivity index (χ2n) is 15.3. The number of carbonyl (C=O) groups is 4. The summed E-state index contributed by atoms with van der Waals surface area (Å²) in [6, 6.07) is 14.9. The maximum atomic E-state index is 13.7. The Morgan fingerprint density at radius 2 is 1.24 bits per heavy atom. The van der Waals surface area contributed by atoms with Gasteiger partial charge in [0.25, 0.3) is 0 Å². The molecule has 4 aromatic rings. The molecular weight excluding hydrogens is 701 g/mol. The van der Waals surface area contributed by atoms with Crippen LogP contribution in [-0.4, -0.2) is 93.1 Å². The van der Waals surface area contributed by atoms with Gasteiger partial charge < -0.3 is 39.9 Å². The second-order valence-corrected chi connectivity index (χ2v) is 15.3. The van der Waals surface area contributed by atoms with Crippen LogP contribution in [0.5, 0.6) is 0 Å². The van der Waals surface area contributed by atoms with E-state index in [1.165, 1.54) is 14.2 Å². The zero-order valence-corrected chi connectivity index (χ0v) is 32.6. The summed E-state index contributed by atoms with van der Waals surface area (Å²) in [5.74, 6) is 0.910. The molecule has 2 saturated heterocycles. The highest BCUT2D eigenvalue weighted by molar-refractivity contribution is 5.87. The van der Waals surface area contributed by atoms with Crippen LogP contribution in [0.15, 0.2) is 60.9 Å². The van der Waals surface area contributed by atoms with Gasteiger partial charge in [0.05, 0.1) is 49.6 Å². The number of H-pyrrole nitrogens is 2. The average molecular weight is 753 g/mol. The highest BCUT2D eigenvalue weighted by Gasteiger charge is 2.46. The first-order valence-corrected chi connectivity index (χ1v) is 19.0. The van der Waals surface area contributed by atoms with Crippen molar-refractivity contribution in [1.29, 1.82) is 0 Å². The van der Waals surface area contributed by atoms with Crippen LogP contribution in [0.4, 0.5) is 9.59 Å². The van der Waals surface area contributed by atoms with Crippen LogP contribution in [0.25, 0.3) is 33.6 Å². The van der Waals surface area contributed by atoms with Gasteiger partial charge in [0.2, 0.25) is 11.8 Å². The Kier molecular flexibility index (Phi) is 11.6. The number of aromatic amines is 2. The Labute approximate surface area is 321 Å². The van der Waals surface area contributed by atoms with Crippen LogP contribution in [-0.2, 0) is 24.6 Å². The molecular formula is C41H52N8O6. The number of imidazole rings is 2. The molecule has 4 amide bonds. The van der Waals surface area contributed by atoms with Gasteiger partial charge in [-0.1, -0.05) is 76.2 Å². The van der Waals surface area contributed by atoms with Gasteiger partial charge in [-0.2, -0.15) is 0 Å². The topological polar surface area (TPSA) is 175 Å². The van der Waals surface area contributed by atoms with Gasteiger partial charge in [0, 0.05) is 13.1 Å². The summed E-state index contributed by atoms with van der Waals surface area (Å²) in [5, 5.41) is 5.40. The van der Waals surface area contributed by atoms with E-state index in [0.29, 0.717) is 18.9 Å². The molecule has 2 aliphatic rings. The van der Waals surface area contributed by atoms with Crippen molar-refractivity contribution in [2.24, 2.45) is 11.8 Å². The number of alkyl carbamates (subject to hydrolysis) is 2. The van der Waals surface area contributed by atoms with Crippen molar-refractivity contribution < 1.29 is 28.7 Å². The van der Waals surface area contributed by atoms with Crippen molar-refractivity contribution >= 4 is 24.0 Å². The monoisotopic (exact) mass is 752 g/mol. The number of hydrogen-bond acceptors (Lipinski definition) is 8. The smallest absolute Gasteiger partial charge is 0.407 e. The van der Waals surface area contributed by atoms with E-state index in [2.05, 4.69) is 62.0 Å². The standard InChI is InChI=1S/C41H52N8O6/c1-24(2)33(46-39(52)54-6)36(50)48-20-8-10-32(48)35-42-22-30(44-35)28-15-11-26(12-16-28)27-13-17-29(18-14-27)31-23-43-38(45-31)41(5)19-9-21-49(41)37(51)34(25(3)4)47-40(53)55-7/h11-18,22-25,32-34H,8-10,19-21H2,1-7H3,(H,42,44)(H,43,45)(H,46,52)(H,47,53)/t32-,33-,34-,41-/m0/s1. The van der Waals surface area contributed by atoms with Crippen LogP contribution in [0.1, 0.15) is 78.0 Å². The Morgan fingerprint density at radius 3 is 1.78 bits per heavy atom. The van der Waals surface area contributed by atoms with E-state index in [-0.39, 0.29) is 29.7 Å². The first-order chi connectivity index (χ1) is 26.3. The summed E-state index contributed by atoms with van der Waals surface area (Å²) in [5.41, 5.74) is 5.11. The second kappa shape index (κ2) is 16.4. The summed E-state index contributed by atoms with van der Waals surface area (Å²) in [6.45, 7) is 10.8. The van der Waals surface area contributed by atoms with Gasteiger partial charge in [-0.25, -0.2) is 19.6 Å². The minimum atomic E-state index is -0.708. The molecule has 0 radical (unpaired) electrons. The summed E-state index contributed by atoms with van der Waals surface area (Å²) >= 11 is 0. The molecule has 0 bridgehead atoms. The number of methoxy groups -OCH3 is 2. The normalized spacial score (nSPS) is 19.4. The number of aromatic nitrogens is 4. The minimum Gasteiger partial charge on any atom is -0.453 e. The predicted molar refractivity (Wildman–Crippen MR) is 207 cm³/mol. The first-order valence-electron chi connectivity index (χ1n) is 19.0. The van der Waals surface area contributed by atoms with E-state index in [0.717, 1.165) is 65.1 Å². The summed E-state index contributed by atoms with van der Waals surface area (Å²) < 4.78 is 9.53. The van der Waals surface area contributed by atoms with Crippen LogP contribution < -0.4 is 10.6 Å². The number of carbonyl (C=O) groups excluding carboxylic acids is 4. The number of nitrogens with zero attached hydrogens (tertiary/aromatic N) is 4. The summed E-state index contributed by atoms with van der Waals surface area (Å²) in [7, 11) is 2.58. The number of nitrogens with one attached hydrogen (secondary N) is 4. The zero-order valence-electron chi connectivity index (χ0n) is 32.6. The summed E-state index contributed by atoms with van der Waals surface area (Å²) in [6.07, 6.45) is 5.55. The Bertz CT molecular complexity index is 1990. The molecule has 4 atom stereocenters. The number of ether oxygens (including phenoxy) is 2. The maximum absolute atomic E-state index is 13.7. The molecule has 4 N–H and O–H groups in total. The van der Waals surface area contributed by atoms with E-state index in [9.17, 15) is 19.2 Å². The molecule has 14 heteroatoms. The molecule has 0 unspecified atom stereocenters. The Hall–Kier alpha value is -5.66. The van der Waals surface area contributed by atoms with Crippen molar-refractivity contribution in [3.8, 4) is 33.6 Å². The SMILES string of the molecule is COC(=O)N[C@H](C(=O)N1CCC[C@H]1c1ncc(-c2ccc(-c3ccc(-c4cnc([C@]5(C)CCCN5C(=O)[C@@H](NC(=O)OC)C(C)C)[nH]4)cc3)cc2)[nH]1)C(C)C. The first kappa shape index (κ1) is 39.0. The van der Waals surface area contributed by atoms with Crippen LogP contribution in [0.3, 0.4) is 0 Å². The fourth-order valence-electron chi connectivity index (χ4n) is 7.70. The van der Waals surface area contributed by atoms with E-state index >= 15 is 0 Å². The van der Waals surface area contributed by atoms with E-state index < -0.39 is 29.8 Å². The number of rotatable bonds is 11. The van der Waals surface area contributed by atoms with Crippen LogP contribution in [0, 0.1) is 11.8 Å². The van der Waals surface area contributed by atoms with Crippen molar-refractivity contribution in [2.45, 2.75) is 84.0 Å². The third kappa shape index (κ3) is 8.08. The fraction of sp³-hybridized carbons (Fsp3) is 0.463. The minimum absolute atomic E-state index is 0.105. The quantitative estimate of drug-likeness (QED) is 0.136. The van der Waals surface area contributed by atoms with E-state index in [1.54, 1.807) is 17.3 Å². The van der Waals surface area contributed by atoms with Gasteiger partial charge in [-0.3, -0.25) is 9.59 Å². The summed E-state index contributed by atoms with van der Waals surface area (Å²) in [4.78, 5) is 71.2. The lowest BCUT2D eigenvalue weighted by Gasteiger charge is -2.37. The van der Waals surface area contributed by atoms with Gasteiger partial charge >= 0.3 is 12.2 Å². The highest BCUT2D eigenvalue weighted by atomic mass is 16.5. The Morgan fingerprint density at radius 1 is 0.727 bits per heavy atom. The number of benzene rings is 2. The molecule has 0 aliphatic carbocycles. The molecule has 14 nitrogen and oxygen atoms in total. The van der Waals surface area contributed by atoms with Crippen LogP contribution >= 0.6 is 0 Å². The predicted octanol–water partition coefficient (Wildman–Crippen LogP) is 6.40. The molecule has 2 fully saturated rings. The number of hydrogen-bond donors (Lipinski definition) is 4. The van der Waals surface area contributed by atoms with Crippen molar-refractivity contribution in [3.63, 3.8) is 0 Å². The molecule has 2 aliphatic heterocycles. The van der Waals surface area contributed by atoms with Gasteiger partial charge in [-0.05, 0) is 66.7 Å². The molecule has 0 saturated carbocycles. The van der Waals surface area contributed by atoms with Crippen molar-refractivity contribution in [1.82, 2.24) is 40.4 Å². The molecule has 6 rings (SSSR count). The maximum Gasteiger partial charge on any atom is 0.407 e. The third-order valence-electron chi connectivity index (χ3n) is 10.9. The lowest BCUT2D eigenvalue weighted by molar-refractivity contribution is -0.138. The van der Waals surface area contributed by atoms with E-state index in [1.807, 2.05) is 51.7 Å². The number of amides is 4. The zero-order chi connectivity index (χ0) is 39.4. The molecule has 0 spiro atoms. The van der Waals surface area contributed by atoms with Crippen molar-refractivity contribution in [3.05, 3.63) is 72.6 Å². The van der Waals surface area contributed by atoms with Gasteiger partial charge in [0.1, 0.15) is 23.7 Å². The molecule has 2 aromatic heterocycles. The lowest BCUT2D eigenvalue weighted by atomic mass is 9.95. The number of likely N-dealkylation sites (tertiary alicyclic amines) is 2. The Balaban J connectivity index is 1.12. The van der Waals surface area contributed by atoms with Gasteiger partial charge in [0.15, 0.2) is 0 Å². The largest absolute Gasteiger partial charge is 0.453 e. The highest BCUT2D eigenvalue weighted by Crippen LogP contribution is 2.39. The fourth-order valence-corrected chi connectivity index (χ4v) is 7.70. The molecule has 4 heterocycles. The lowest BCUT2D eigenvalue weighted by Crippen LogP contribution is -2.55. The molecule has 292 valence electrons. The molecule has 2 aromatic carbocycles.